The molecule has 4 nitrogen and oxygen atoms in total. The number of nitrogens with one attached hydrogen (secondary N) is 2. The van der Waals surface area contributed by atoms with Gasteiger partial charge in [-0.15, -0.1) is 0 Å². The zero-order valence-electron chi connectivity index (χ0n) is 12.5. The van der Waals surface area contributed by atoms with Gasteiger partial charge in [0.1, 0.15) is 0 Å². The molecule has 2 aliphatic heterocycles. The molecule has 0 saturated carbocycles. The summed E-state index contributed by atoms with van der Waals surface area (Å²) in [5.41, 5.74) is 0. The molecule has 3 atom stereocenters. The summed E-state index contributed by atoms with van der Waals surface area (Å²) in [6.07, 6.45) is 5.72. The van der Waals surface area contributed by atoms with E-state index in [4.69, 9.17) is 0 Å². The molecule has 2 saturated heterocycles. The number of likely N-dealkylation sites (tertiary alicyclic amines) is 1. The van der Waals surface area contributed by atoms with Gasteiger partial charge in [-0.25, -0.2) is 0 Å². The number of carbonyl (C=O) groups is 1. The van der Waals surface area contributed by atoms with Gasteiger partial charge in [0.2, 0.25) is 5.91 Å². The van der Waals surface area contributed by atoms with Crippen molar-refractivity contribution in [2.45, 2.75) is 58.0 Å². The molecule has 2 aliphatic rings. The van der Waals surface area contributed by atoms with E-state index in [1.807, 2.05) is 0 Å². The monoisotopic (exact) mass is 267 g/mol. The number of carbonyl (C=O) groups excluding carboxylic acids is 1. The van der Waals surface area contributed by atoms with Crippen LogP contribution in [0.4, 0.5) is 0 Å². The first-order valence-electron chi connectivity index (χ1n) is 8.01. The minimum absolute atomic E-state index is 0.124. The molecule has 2 fully saturated rings. The maximum atomic E-state index is 12.1. The molecule has 0 bridgehead atoms. The lowest BCUT2D eigenvalue weighted by Crippen LogP contribution is -2.55. The normalized spacial score (nSPS) is 33.8. The minimum Gasteiger partial charge on any atom is -0.355 e. The predicted molar refractivity (Wildman–Crippen MR) is 78.1 cm³/mol. The molecule has 2 heterocycles. The van der Waals surface area contributed by atoms with Gasteiger partial charge in [0.15, 0.2) is 0 Å². The minimum atomic E-state index is 0.124. The SMILES string of the molecule is CCNC1CCN(C2CCCCNC2=O)CC1CC. The summed E-state index contributed by atoms with van der Waals surface area (Å²) in [6.45, 7) is 8.49. The largest absolute Gasteiger partial charge is 0.355 e. The van der Waals surface area contributed by atoms with Crippen LogP contribution in [0.15, 0.2) is 0 Å². The molecular formula is C15H29N3O. The maximum Gasteiger partial charge on any atom is 0.237 e. The van der Waals surface area contributed by atoms with Crippen molar-refractivity contribution in [2.24, 2.45) is 5.92 Å². The van der Waals surface area contributed by atoms with E-state index in [0.717, 1.165) is 39.0 Å². The van der Waals surface area contributed by atoms with Gasteiger partial charge in [0.05, 0.1) is 6.04 Å². The van der Waals surface area contributed by atoms with Gasteiger partial charge in [-0.2, -0.15) is 0 Å². The van der Waals surface area contributed by atoms with Crippen LogP contribution in [0.2, 0.25) is 0 Å². The first-order chi connectivity index (χ1) is 9.26. The van der Waals surface area contributed by atoms with Crippen LogP contribution in [0.1, 0.15) is 46.0 Å². The Hall–Kier alpha value is -0.610. The van der Waals surface area contributed by atoms with Crippen LogP contribution in [-0.4, -0.2) is 49.1 Å². The molecule has 0 aromatic heterocycles. The summed E-state index contributed by atoms with van der Waals surface area (Å²) in [7, 11) is 0. The summed E-state index contributed by atoms with van der Waals surface area (Å²) >= 11 is 0. The molecule has 0 aliphatic carbocycles. The highest BCUT2D eigenvalue weighted by molar-refractivity contribution is 5.81. The standard InChI is InChI=1S/C15H29N3O/c1-3-12-11-18(10-8-13(12)16-4-2)14-7-5-6-9-17-15(14)19/h12-14,16H,3-11H2,1-2H3,(H,17,19). The van der Waals surface area contributed by atoms with E-state index in [1.165, 1.54) is 19.3 Å². The Bertz CT molecular complexity index is 295. The van der Waals surface area contributed by atoms with Crippen molar-refractivity contribution in [1.29, 1.82) is 0 Å². The molecule has 2 N–H and O–H groups in total. The highest BCUT2D eigenvalue weighted by atomic mass is 16.2. The highest BCUT2D eigenvalue weighted by Gasteiger charge is 2.34. The van der Waals surface area contributed by atoms with E-state index < -0.39 is 0 Å². The fourth-order valence-corrected chi connectivity index (χ4v) is 3.56. The molecule has 3 unspecified atom stereocenters. The number of nitrogens with zero attached hydrogens (tertiary/aromatic N) is 1. The molecule has 2 rings (SSSR count). The van der Waals surface area contributed by atoms with E-state index in [2.05, 4.69) is 29.4 Å². The van der Waals surface area contributed by atoms with Crippen molar-refractivity contribution in [3.8, 4) is 0 Å². The molecule has 0 aromatic carbocycles. The molecular weight excluding hydrogens is 238 g/mol. The lowest BCUT2D eigenvalue weighted by molar-refractivity contribution is -0.127. The summed E-state index contributed by atoms with van der Waals surface area (Å²) in [4.78, 5) is 14.6. The lowest BCUT2D eigenvalue weighted by atomic mass is 9.88. The average Bonchev–Trinajstić information content (AvgIpc) is 2.64. The van der Waals surface area contributed by atoms with Crippen LogP contribution in [0.5, 0.6) is 0 Å². The predicted octanol–water partition coefficient (Wildman–Crippen LogP) is 1.37. The van der Waals surface area contributed by atoms with Crippen molar-refractivity contribution < 1.29 is 4.79 Å². The highest BCUT2D eigenvalue weighted by Crippen LogP contribution is 2.24. The molecule has 0 aromatic rings. The first kappa shape index (κ1) is 14.8. The van der Waals surface area contributed by atoms with Crippen molar-refractivity contribution >= 4 is 5.91 Å². The molecule has 0 spiro atoms. The maximum absolute atomic E-state index is 12.1. The molecule has 4 heteroatoms. The molecule has 19 heavy (non-hydrogen) atoms. The zero-order valence-corrected chi connectivity index (χ0v) is 12.5. The van der Waals surface area contributed by atoms with E-state index in [0.29, 0.717) is 12.0 Å². The summed E-state index contributed by atoms with van der Waals surface area (Å²) in [5, 5.41) is 6.67. The lowest BCUT2D eigenvalue weighted by Gasteiger charge is -2.41. The third-order valence-corrected chi connectivity index (χ3v) is 4.70. The van der Waals surface area contributed by atoms with E-state index in [-0.39, 0.29) is 11.9 Å². The fourth-order valence-electron chi connectivity index (χ4n) is 3.56. The Morgan fingerprint density at radius 1 is 1.32 bits per heavy atom. The van der Waals surface area contributed by atoms with Crippen molar-refractivity contribution in [1.82, 2.24) is 15.5 Å². The Morgan fingerprint density at radius 2 is 2.16 bits per heavy atom. The first-order valence-corrected chi connectivity index (χ1v) is 8.01. The van der Waals surface area contributed by atoms with Gasteiger partial charge in [0, 0.05) is 25.7 Å². The smallest absolute Gasteiger partial charge is 0.237 e. The van der Waals surface area contributed by atoms with Crippen molar-refractivity contribution in [3.05, 3.63) is 0 Å². The van der Waals surface area contributed by atoms with E-state index in [9.17, 15) is 4.79 Å². The quantitative estimate of drug-likeness (QED) is 0.808. The Morgan fingerprint density at radius 3 is 2.89 bits per heavy atom. The van der Waals surface area contributed by atoms with Gasteiger partial charge in [-0.3, -0.25) is 9.69 Å². The molecule has 1 amide bonds. The Balaban J connectivity index is 1.96. The number of piperidine rings is 1. The second kappa shape index (κ2) is 7.25. The van der Waals surface area contributed by atoms with Gasteiger partial charge >= 0.3 is 0 Å². The second-order valence-corrected chi connectivity index (χ2v) is 5.92. The van der Waals surface area contributed by atoms with Crippen molar-refractivity contribution in [2.75, 3.05) is 26.2 Å². The Kier molecular flexibility index (Phi) is 5.64. The van der Waals surface area contributed by atoms with Gasteiger partial charge in [0.25, 0.3) is 0 Å². The van der Waals surface area contributed by atoms with Crippen LogP contribution in [0, 0.1) is 5.92 Å². The number of hydrogen-bond acceptors (Lipinski definition) is 3. The summed E-state index contributed by atoms with van der Waals surface area (Å²) < 4.78 is 0. The molecule has 110 valence electrons. The topological polar surface area (TPSA) is 44.4 Å². The zero-order chi connectivity index (χ0) is 13.7. The van der Waals surface area contributed by atoms with Gasteiger partial charge in [-0.1, -0.05) is 20.3 Å². The van der Waals surface area contributed by atoms with Crippen LogP contribution in [0.3, 0.4) is 0 Å². The van der Waals surface area contributed by atoms with Gasteiger partial charge < -0.3 is 10.6 Å². The van der Waals surface area contributed by atoms with Crippen molar-refractivity contribution in [3.63, 3.8) is 0 Å². The van der Waals surface area contributed by atoms with Crippen LogP contribution >= 0.6 is 0 Å². The average molecular weight is 267 g/mol. The van der Waals surface area contributed by atoms with Crippen LogP contribution < -0.4 is 10.6 Å². The van der Waals surface area contributed by atoms with E-state index >= 15 is 0 Å². The number of amides is 1. The third kappa shape index (κ3) is 3.69. The van der Waals surface area contributed by atoms with Crippen LogP contribution in [-0.2, 0) is 4.79 Å². The number of hydrogen-bond donors (Lipinski definition) is 2. The molecule has 0 radical (unpaired) electrons. The second-order valence-electron chi connectivity index (χ2n) is 5.92. The fraction of sp³-hybridized carbons (Fsp3) is 0.933. The van der Waals surface area contributed by atoms with E-state index in [1.54, 1.807) is 0 Å². The third-order valence-electron chi connectivity index (χ3n) is 4.70. The summed E-state index contributed by atoms with van der Waals surface area (Å²) in [5.74, 6) is 0.944. The van der Waals surface area contributed by atoms with Gasteiger partial charge in [-0.05, 0) is 38.1 Å². The number of rotatable bonds is 4. The van der Waals surface area contributed by atoms with Crippen LogP contribution in [0.25, 0.3) is 0 Å². The Labute approximate surface area is 117 Å². The summed E-state index contributed by atoms with van der Waals surface area (Å²) in [6, 6.07) is 0.763.